The first-order chi connectivity index (χ1) is 13.1. The van der Waals surface area contributed by atoms with Crippen LogP contribution in [0.15, 0.2) is 28.8 Å². The Bertz CT molecular complexity index is 730. The van der Waals surface area contributed by atoms with Gasteiger partial charge in [0.2, 0.25) is 5.91 Å². The van der Waals surface area contributed by atoms with Crippen LogP contribution in [-0.4, -0.2) is 67.3 Å². The molecule has 0 radical (unpaired) electrons. The van der Waals surface area contributed by atoms with Gasteiger partial charge in [0, 0.05) is 38.3 Å². The number of hydrogen-bond acceptors (Lipinski definition) is 6. The molecule has 27 heavy (non-hydrogen) atoms. The van der Waals surface area contributed by atoms with Gasteiger partial charge in [-0.05, 0) is 38.1 Å². The van der Waals surface area contributed by atoms with Gasteiger partial charge in [-0.1, -0.05) is 5.16 Å². The van der Waals surface area contributed by atoms with Crippen molar-refractivity contribution < 1.29 is 18.8 Å². The van der Waals surface area contributed by atoms with Gasteiger partial charge < -0.3 is 18.9 Å². The number of amides is 1. The highest BCUT2D eigenvalue weighted by molar-refractivity contribution is 5.79. The van der Waals surface area contributed by atoms with Gasteiger partial charge in [-0.3, -0.25) is 9.69 Å². The molecule has 7 nitrogen and oxygen atoms in total. The number of ether oxygens (including phenoxy) is 2. The smallest absolute Gasteiger partial charge is 0.227 e. The van der Waals surface area contributed by atoms with Crippen molar-refractivity contribution in [3.63, 3.8) is 0 Å². The van der Waals surface area contributed by atoms with Crippen LogP contribution in [0.5, 0.6) is 11.5 Å². The molecule has 1 aromatic heterocycles. The summed E-state index contributed by atoms with van der Waals surface area (Å²) in [6.07, 6.45) is 0.363. The van der Waals surface area contributed by atoms with Crippen molar-refractivity contribution in [2.45, 2.75) is 20.3 Å². The average molecular weight is 373 g/mol. The van der Waals surface area contributed by atoms with Crippen molar-refractivity contribution in [2.75, 3.05) is 46.4 Å². The predicted octanol–water partition coefficient (Wildman–Crippen LogP) is 2.07. The lowest BCUT2D eigenvalue weighted by Gasteiger charge is -2.34. The highest BCUT2D eigenvalue weighted by Crippen LogP contribution is 2.17. The van der Waals surface area contributed by atoms with Gasteiger partial charge in [-0.15, -0.1) is 0 Å². The van der Waals surface area contributed by atoms with Gasteiger partial charge in [0.05, 0.1) is 19.2 Å². The Balaban J connectivity index is 1.38. The van der Waals surface area contributed by atoms with Gasteiger partial charge >= 0.3 is 0 Å². The fourth-order valence-electron chi connectivity index (χ4n) is 3.20. The Hall–Kier alpha value is -2.54. The molecule has 0 bridgehead atoms. The van der Waals surface area contributed by atoms with E-state index in [4.69, 9.17) is 14.0 Å². The Kier molecular flexibility index (Phi) is 6.34. The first-order valence-corrected chi connectivity index (χ1v) is 9.25. The largest absolute Gasteiger partial charge is 0.497 e. The number of carbonyl (C=O) groups excluding carboxylic acids is 1. The van der Waals surface area contributed by atoms with Crippen molar-refractivity contribution in [2.24, 2.45) is 0 Å². The van der Waals surface area contributed by atoms with Gasteiger partial charge in [-0.25, -0.2) is 0 Å². The first-order valence-electron chi connectivity index (χ1n) is 9.25. The molecule has 2 heterocycles. The van der Waals surface area contributed by atoms with E-state index >= 15 is 0 Å². The summed E-state index contributed by atoms with van der Waals surface area (Å²) in [6.45, 7) is 8.40. The summed E-state index contributed by atoms with van der Waals surface area (Å²) >= 11 is 0. The standard InChI is InChI=1S/C20H27N3O4/c1-15-19(16(2)27-21-15)14-20(24)23-10-8-22(9-11-23)12-13-26-18-6-4-17(25-3)5-7-18/h4-7H,8-14H2,1-3H3. The molecule has 1 aliphatic heterocycles. The molecule has 0 aliphatic carbocycles. The minimum atomic E-state index is 0.138. The molecule has 0 saturated carbocycles. The van der Waals surface area contributed by atoms with E-state index in [9.17, 15) is 4.79 Å². The molecule has 7 heteroatoms. The van der Waals surface area contributed by atoms with E-state index in [1.165, 1.54) is 0 Å². The number of piperazine rings is 1. The first kappa shape index (κ1) is 19.2. The lowest BCUT2D eigenvalue weighted by atomic mass is 10.1. The second-order valence-electron chi connectivity index (χ2n) is 6.73. The summed E-state index contributed by atoms with van der Waals surface area (Å²) < 4.78 is 16.1. The molecule has 146 valence electrons. The van der Waals surface area contributed by atoms with Crippen LogP contribution in [-0.2, 0) is 11.2 Å². The van der Waals surface area contributed by atoms with Crippen LogP contribution in [0.3, 0.4) is 0 Å². The Labute approximate surface area is 159 Å². The molecular weight excluding hydrogens is 346 g/mol. The number of aryl methyl sites for hydroxylation is 2. The van der Waals surface area contributed by atoms with Crippen molar-refractivity contribution in [3.05, 3.63) is 41.3 Å². The fourth-order valence-corrected chi connectivity index (χ4v) is 3.20. The number of rotatable bonds is 7. The third kappa shape index (κ3) is 5.01. The van der Waals surface area contributed by atoms with E-state index in [0.717, 1.165) is 61.2 Å². The minimum Gasteiger partial charge on any atom is -0.497 e. The number of nitrogens with zero attached hydrogens (tertiary/aromatic N) is 3. The van der Waals surface area contributed by atoms with Crippen LogP contribution in [0, 0.1) is 13.8 Å². The molecule has 1 saturated heterocycles. The lowest BCUT2D eigenvalue weighted by molar-refractivity contribution is -0.132. The zero-order chi connectivity index (χ0) is 19.2. The number of carbonyl (C=O) groups is 1. The number of methoxy groups -OCH3 is 1. The third-order valence-corrected chi connectivity index (χ3v) is 4.97. The minimum absolute atomic E-state index is 0.138. The van der Waals surface area contributed by atoms with Crippen LogP contribution in [0.4, 0.5) is 0 Å². The molecule has 0 atom stereocenters. The van der Waals surface area contributed by atoms with Gasteiger partial charge in [0.25, 0.3) is 0 Å². The van der Waals surface area contributed by atoms with Gasteiger partial charge in [-0.2, -0.15) is 0 Å². The summed E-state index contributed by atoms with van der Waals surface area (Å²) in [5, 5.41) is 3.92. The van der Waals surface area contributed by atoms with Crippen molar-refractivity contribution in [1.82, 2.24) is 15.0 Å². The lowest BCUT2D eigenvalue weighted by Crippen LogP contribution is -2.50. The molecular formula is C20H27N3O4. The zero-order valence-corrected chi connectivity index (χ0v) is 16.2. The van der Waals surface area contributed by atoms with Crippen LogP contribution in [0.1, 0.15) is 17.0 Å². The maximum absolute atomic E-state index is 12.5. The van der Waals surface area contributed by atoms with Crippen LogP contribution in [0.25, 0.3) is 0 Å². The Morgan fingerprint density at radius 1 is 1.11 bits per heavy atom. The Morgan fingerprint density at radius 2 is 1.78 bits per heavy atom. The van der Waals surface area contributed by atoms with Crippen LogP contribution in [0.2, 0.25) is 0 Å². The summed E-state index contributed by atoms with van der Waals surface area (Å²) in [5.74, 6) is 2.53. The molecule has 0 spiro atoms. The topological polar surface area (TPSA) is 68.0 Å². The van der Waals surface area contributed by atoms with Gasteiger partial charge in [0.1, 0.15) is 23.9 Å². The number of benzene rings is 1. The highest BCUT2D eigenvalue weighted by Gasteiger charge is 2.23. The van der Waals surface area contributed by atoms with E-state index < -0.39 is 0 Å². The second-order valence-corrected chi connectivity index (χ2v) is 6.73. The fraction of sp³-hybridized carbons (Fsp3) is 0.500. The van der Waals surface area contributed by atoms with Crippen LogP contribution < -0.4 is 9.47 Å². The van der Waals surface area contributed by atoms with Crippen molar-refractivity contribution in [3.8, 4) is 11.5 Å². The van der Waals surface area contributed by atoms with E-state index in [0.29, 0.717) is 13.0 Å². The quantitative estimate of drug-likeness (QED) is 0.740. The Morgan fingerprint density at radius 3 is 2.37 bits per heavy atom. The van der Waals surface area contributed by atoms with Crippen molar-refractivity contribution >= 4 is 5.91 Å². The van der Waals surface area contributed by atoms with E-state index in [-0.39, 0.29) is 5.91 Å². The normalized spacial score (nSPS) is 15.0. The molecule has 1 aromatic carbocycles. The summed E-state index contributed by atoms with van der Waals surface area (Å²) in [5.41, 5.74) is 1.71. The maximum atomic E-state index is 12.5. The monoisotopic (exact) mass is 373 g/mol. The second kappa shape index (κ2) is 8.90. The molecule has 1 fully saturated rings. The third-order valence-electron chi connectivity index (χ3n) is 4.97. The molecule has 0 N–H and O–H groups in total. The molecule has 0 unspecified atom stereocenters. The summed E-state index contributed by atoms with van der Waals surface area (Å²) in [4.78, 5) is 16.8. The summed E-state index contributed by atoms with van der Waals surface area (Å²) in [7, 11) is 1.65. The molecule has 1 aliphatic rings. The molecule has 2 aromatic rings. The average Bonchev–Trinajstić information content (AvgIpc) is 3.01. The van der Waals surface area contributed by atoms with E-state index in [1.807, 2.05) is 43.0 Å². The number of aromatic nitrogens is 1. The van der Waals surface area contributed by atoms with E-state index in [2.05, 4.69) is 10.1 Å². The maximum Gasteiger partial charge on any atom is 0.227 e. The van der Waals surface area contributed by atoms with E-state index in [1.54, 1.807) is 7.11 Å². The van der Waals surface area contributed by atoms with Crippen molar-refractivity contribution in [1.29, 1.82) is 0 Å². The molecule has 1 amide bonds. The zero-order valence-electron chi connectivity index (χ0n) is 16.2. The number of hydrogen-bond donors (Lipinski definition) is 0. The predicted molar refractivity (Wildman–Crippen MR) is 101 cm³/mol. The molecule has 3 rings (SSSR count). The van der Waals surface area contributed by atoms with Gasteiger partial charge in [0.15, 0.2) is 0 Å². The van der Waals surface area contributed by atoms with Crippen LogP contribution >= 0.6 is 0 Å². The highest BCUT2D eigenvalue weighted by atomic mass is 16.5. The SMILES string of the molecule is COc1ccc(OCCN2CCN(C(=O)Cc3c(C)noc3C)CC2)cc1. The summed E-state index contributed by atoms with van der Waals surface area (Å²) in [6, 6.07) is 7.59.